The Kier molecular flexibility index (Phi) is 8.95. The summed E-state index contributed by atoms with van der Waals surface area (Å²) in [6.07, 6.45) is 4.86. The molecule has 144 valence electrons. The first-order valence-corrected chi connectivity index (χ1v) is 9.10. The van der Waals surface area contributed by atoms with Gasteiger partial charge >= 0.3 is 6.03 Å². The molecule has 2 heterocycles. The summed E-state index contributed by atoms with van der Waals surface area (Å²) in [5, 5.41) is 5.89. The highest BCUT2D eigenvalue weighted by Crippen LogP contribution is 2.33. The lowest BCUT2D eigenvalue weighted by molar-refractivity contribution is -0.124. The van der Waals surface area contributed by atoms with E-state index in [9.17, 15) is 9.59 Å². The summed E-state index contributed by atoms with van der Waals surface area (Å²) in [5.41, 5.74) is 0.341. The molecule has 1 unspecified atom stereocenters. The van der Waals surface area contributed by atoms with Crippen molar-refractivity contribution < 1.29 is 9.59 Å². The lowest BCUT2D eigenvalue weighted by atomic mass is 9.78. The molecule has 2 aliphatic rings. The summed E-state index contributed by atoms with van der Waals surface area (Å²) in [7, 11) is 0. The standard InChI is InChI=1S/C17H31N5O2.HI/c1-4-7-17(3)8-6-10-21(13-17)15(18-5-2)19-9-11-22-14(23)12-20-16(22)24;/h4-13H2,1-3H3,(H,18,19)(H,20,24);1H. The van der Waals surface area contributed by atoms with Crippen molar-refractivity contribution >= 4 is 41.9 Å². The van der Waals surface area contributed by atoms with Crippen LogP contribution in [0, 0.1) is 5.41 Å². The first kappa shape index (κ1) is 22.0. The lowest BCUT2D eigenvalue weighted by Crippen LogP contribution is -2.50. The van der Waals surface area contributed by atoms with Crippen LogP contribution in [-0.2, 0) is 4.79 Å². The molecule has 0 aromatic rings. The molecule has 8 heteroatoms. The molecule has 0 saturated carbocycles. The number of nitrogens with one attached hydrogen (secondary N) is 2. The van der Waals surface area contributed by atoms with E-state index in [1.165, 1.54) is 30.6 Å². The highest BCUT2D eigenvalue weighted by molar-refractivity contribution is 14.0. The predicted octanol–water partition coefficient (Wildman–Crippen LogP) is 2.02. The summed E-state index contributed by atoms with van der Waals surface area (Å²) in [6.45, 7) is 10.3. The molecule has 2 N–H and O–H groups in total. The maximum absolute atomic E-state index is 11.6. The van der Waals surface area contributed by atoms with E-state index in [1.54, 1.807) is 0 Å². The Morgan fingerprint density at radius 2 is 2.12 bits per heavy atom. The van der Waals surface area contributed by atoms with Gasteiger partial charge in [-0.2, -0.15) is 0 Å². The molecule has 3 amide bonds. The van der Waals surface area contributed by atoms with Crippen molar-refractivity contribution in [3.63, 3.8) is 0 Å². The fourth-order valence-electron chi connectivity index (χ4n) is 3.67. The van der Waals surface area contributed by atoms with E-state index in [0.29, 0.717) is 18.5 Å². The Morgan fingerprint density at radius 3 is 2.72 bits per heavy atom. The Balaban J connectivity index is 0.00000312. The number of urea groups is 1. The molecule has 2 saturated heterocycles. The second-order valence-electron chi connectivity index (χ2n) is 7.03. The monoisotopic (exact) mass is 465 g/mol. The van der Waals surface area contributed by atoms with E-state index in [0.717, 1.165) is 25.6 Å². The predicted molar refractivity (Wildman–Crippen MR) is 110 cm³/mol. The first-order valence-electron chi connectivity index (χ1n) is 9.10. The quantitative estimate of drug-likeness (QED) is 0.273. The van der Waals surface area contributed by atoms with Gasteiger partial charge < -0.3 is 15.5 Å². The summed E-state index contributed by atoms with van der Waals surface area (Å²) >= 11 is 0. The van der Waals surface area contributed by atoms with Crippen LogP contribution in [0.1, 0.15) is 46.5 Å². The molecule has 25 heavy (non-hydrogen) atoms. The number of piperidine rings is 1. The normalized spacial score (nSPS) is 24.2. The zero-order chi connectivity index (χ0) is 17.6. The minimum Gasteiger partial charge on any atom is -0.357 e. The van der Waals surface area contributed by atoms with E-state index in [-0.39, 0.29) is 42.5 Å². The number of guanidine groups is 1. The number of amides is 3. The molecule has 2 aliphatic heterocycles. The first-order chi connectivity index (χ1) is 11.5. The summed E-state index contributed by atoms with van der Waals surface area (Å²) < 4.78 is 0. The third kappa shape index (κ3) is 6.00. The van der Waals surface area contributed by atoms with Crippen LogP contribution in [0.4, 0.5) is 4.79 Å². The van der Waals surface area contributed by atoms with E-state index in [2.05, 4.69) is 41.3 Å². The van der Waals surface area contributed by atoms with Crippen molar-refractivity contribution in [1.82, 2.24) is 20.4 Å². The average Bonchev–Trinajstić information content (AvgIpc) is 2.86. The van der Waals surface area contributed by atoms with Crippen molar-refractivity contribution in [3.8, 4) is 0 Å². The largest absolute Gasteiger partial charge is 0.357 e. The van der Waals surface area contributed by atoms with Crippen LogP contribution in [0.2, 0.25) is 0 Å². The van der Waals surface area contributed by atoms with Crippen molar-refractivity contribution in [3.05, 3.63) is 0 Å². The molecule has 2 fully saturated rings. The summed E-state index contributed by atoms with van der Waals surface area (Å²) in [5.74, 6) is 0.722. The molecular formula is C17H32IN5O2. The number of hydrogen-bond acceptors (Lipinski definition) is 3. The topological polar surface area (TPSA) is 77.0 Å². The number of nitrogens with zero attached hydrogens (tertiary/aromatic N) is 3. The number of carbonyl (C=O) groups is 2. The van der Waals surface area contributed by atoms with E-state index >= 15 is 0 Å². The zero-order valence-corrected chi connectivity index (χ0v) is 18.0. The molecule has 1 atom stereocenters. The third-order valence-electron chi connectivity index (χ3n) is 4.79. The number of aliphatic imine (C=N–C) groups is 1. The Morgan fingerprint density at radius 1 is 1.36 bits per heavy atom. The van der Waals surface area contributed by atoms with Gasteiger partial charge in [0.05, 0.1) is 19.6 Å². The molecular weight excluding hydrogens is 433 g/mol. The van der Waals surface area contributed by atoms with Gasteiger partial charge in [-0.25, -0.2) is 4.79 Å². The number of likely N-dealkylation sites (tertiary alicyclic amines) is 1. The van der Waals surface area contributed by atoms with Crippen molar-refractivity contribution in [2.75, 3.05) is 39.3 Å². The minimum absolute atomic E-state index is 0. The second kappa shape index (κ2) is 10.2. The minimum atomic E-state index is -0.311. The molecule has 0 spiro atoms. The Labute approximate surface area is 168 Å². The maximum Gasteiger partial charge on any atom is 0.324 e. The number of carbonyl (C=O) groups excluding carboxylic acids is 2. The highest BCUT2D eigenvalue weighted by atomic mass is 127. The smallest absolute Gasteiger partial charge is 0.324 e. The van der Waals surface area contributed by atoms with Crippen LogP contribution >= 0.6 is 24.0 Å². The van der Waals surface area contributed by atoms with Crippen LogP contribution in [-0.4, -0.2) is 67.0 Å². The van der Waals surface area contributed by atoms with Crippen molar-refractivity contribution in [2.45, 2.75) is 46.5 Å². The molecule has 0 aliphatic carbocycles. The average molecular weight is 465 g/mol. The highest BCUT2D eigenvalue weighted by Gasteiger charge is 2.32. The summed E-state index contributed by atoms with van der Waals surface area (Å²) in [4.78, 5) is 31.4. The number of halogens is 1. The van der Waals surface area contributed by atoms with Gasteiger partial charge in [0.1, 0.15) is 0 Å². The molecule has 2 rings (SSSR count). The molecule has 7 nitrogen and oxygen atoms in total. The molecule has 0 radical (unpaired) electrons. The van der Waals surface area contributed by atoms with Gasteiger partial charge in [0.15, 0.2) is 5.96 Å². The number of rotatable bonds is 6. The van der Waals surface area contributed by atoms with Gasteiger partial charge in [-0.15, -0.1) is 24.0 Å². The molecule has 0 bridgehead atoms. The number of imide groups is 1. The van der Waals surface area contributed by atoms with Crippen molar-refractivity contribution in [1.29, 1.82) is 0 Å². The fraction of sp³-hybridized carbons (Fsp3) is 0.824. The van der Waals surface area contributed by atoms with Gasteiger partial charge in [-0.1, -0.05) is 20.3 Å². The lowest BCUT2D eigenvalue weighted by Gasteiger charge is -2.42. The van der Waals surface area contributed by atoms with Gasteiger partial charge in [0, 0.05) is 19.6 Å². The Bertz CT molecular complexity index is 479. The van der Waals surface area contributed by atoms with Crippen LogP contribution < -0.4 is 10.6 Å². The number of hydrogen-bond donors (Lipinski definition) is 2. The second-order valence-corrected chi connectivity index (χ2v) is 7.03. The fourth-order valence-corrected chi connectivity index (χ4v) is 3.67. The molecule has 0 aromatic heterocycles. The zero-order valence-electron chi connectivity index (χ0n) is 15.6. The van der Waals surface area contributed by atoms with Gasteiger partial charge in [0.2, 0.25) is 5.91 Å². The van der Waals surface area contributed by atoms with E-state index in [4.69, 9.17) is 0 Å². The molecule has 0 aromatic carbocycles. The van der Waals surface area contributed by atoms with E-state index in [1.807, 2.05) is 0 Å². The van der Waals surface area contributed by atoms with E-state index < -0.39 is 0 Å². The Hall–Kier alpha value is -1.06. The van der Waals surface area contributed by atoms with Gasteiger partial charge in [-0.05, 0) is 31.6 Å². The van der Waals surface area contributed by atoms with Gasteiger partial charge in [-0.3, -0.25) is 14.7 Å². The van der Waals surface area contributed by atoms with Crippen LogP contribution in [0.3, 0.4) is 0 Å². The summed E-state index contributed by atoms with van der Waals surface area (Å²) in [6, 6.07) is -0.311. The maximum atomic E-state index is 11.6. The third-order valence-corrected chi connectivity index (χ3v) is 4.79. The van der Waals surface area contributed by atoms with Crippen molar-refractivity contribution in [2.24, 2.45) is 10.4 Å². The van der Waals surface area contributed by atoms with Crippen LogP contribution in [0.15, 0.2) is 4.99 Å². The van der Waals surface area contributed by atoms with Crippen LogP contribution in [0.5, 0.6) is 0 Å². The SMILES string of the molecule is CCCC1(C)CCCN(C(=NCCN2C(=O)CNC2=O)NCC)C1.I. The van der Waals surface area contributed by atoms with Crippen LogP contribution in [0.25, 0.3) is 0 Å². The van der Waals surface area contributed by atoms with Gasteiger partial charge in [0.25, 0.3) is 0 Å².